The molecule has 424 valence electrons. The lowest BCUT2D eigenvalue weighted by Gasteiger charge is -2.39. The van der Waals surface area contributed by atoms with Crippen molar-refractivity contribution in [1.82, 2.24) is 35.4 Å². The Balaban J connectivity index is 1.34. The molecule has 1 aliphatic heterocycles. The van der Waals surface area contributed by atoms with Gasteiger partial charge in [-0.1, -0.05) is 97.4 Å². The number of ether oxygens (including phenoxy) is 3. The highest BCUT2D eigenvalue weighted by atomic mass is 32.2. The zero-order chi connectivity index (χ0) is 56.4. The number of hydrogen-bond acceptors (Lipinski definition) is 13. The molecule has 9 atom stereocenters. The predicted octanol–water partition coefficient (Wildman–Crippen LogP) is 3.16. The number of sulfonamides is 1. The molecule has 2 aliphatic rings. The molecule has 2 aromatic rings. The second-order valence-corrected chi connectivity index (χ2v) is 23.0. The van der Waals surface area contributed by atoms with Gasteiger partial charge in [0.15, 0.2) is 0 Å². The van der Waals surface area contributed by atoms with Gasteiger partial charge in [-0.3, -0.25) is 33.7 Å². The smallest absolute Gasteiger partial charge is 0.410 e. The summed E-state index contributed by atoms with van der Waals surface area (Å²) in [6.45, 7) is 12.5. The highest BCUT2D eigenvalue weighted by molar-refractivity contribution is 7.90. The number of carbonyl (C=O) groups excluding carboxylic acids is 7. The van der Waals surface area contributed by atoms with Gasteiger partial charge in [-0.05, 0) is 73.1 Å². The van der Waals surface area contributed by atoms with Gasteiger partial charge in [0.1, 0.15) is 12.6 Å². The van der Waals surface area contributed by atoms with Crippen LogP contribution in [0.2, 0.25) is 0 Å². The van der Waals surface area contributed by atoms with Gasteiger partial charge in [0.2, 0.25) is 45.5 Å². The van der Waals surface area contributed by atoms with Gasteiger partial charge in [-0.2, -0.15) is 0 Å². The SMILES string of the molecule is CCC(C)C(C(CC(=O)N1CCCC1C(OC)C(C)C(=O)NC(CNS(=O)(=O)C1CC1)Cc1ccccc1)OC)N(C)C(=O)CNC(=O)C(C(C)C)N(C)C(=O)OCc1ccc(NC(=O)CNC(=O)C(N)C(C)C)cc1. The van der Waals surface area contributed by atoms with Gasteiger partial charge < -0.3 is 51.0 Å². The number of nitrogens with two attached hydrogens (primary N) is 1. The highest BCUT2D eigenvalue weighted by Gasteiger charge is 2.43. The molecule has 7 N–H and O–H groups in total. The third-order valence-corrected chi connectivity index (χ3v) is 16.5. The molecule has 22 heteroatoms. The van der Waals surface area contributed by atoms with E-state index in [9.17, 15) is 42.0 Å². The number of benzene rings is 2. The van der Waals surface area contributed by atoms with Crippen LogP contribution in [0.3, 0.4) is 0 Å². The summed E-state index contributed by atoms with van der Waals surface area (Å²) in [7, 11) is 2.55. The standard InChI is InChI=1S/C54H85N9O12S/c1-12-35(6)49(61(8)46(66)31-57-53(69)48(34(4)5)62(9)54(70)75-32-38-20-22-39(23-21-38)59-44(64)30-56-52(68)47(55)33(2)3)43(73-10)28-45(65)63-26-16-19-42(63)50(74-11)36(7)51(67)60-40(27-37-17-14-13-15-18-37)29-58-76(71,72)41-24-25-41/h13-15,17-18,20-23,33-36,40-43,47-50,58H,12,16,19,24-32,55H2,1-11H3,(H,56,68)(H,57,69)(H,59,64)(H,60,67). The summed E-state index contributed by atoms with van der Waals surface area (Å²) < 4.78 is 45.7. The van der Waals surface area contributed by atoms with Gasteiger partial charge in [0.25, 0.3) is 0 Å². The molecule has 21 nitrogen and oxygen atoms in total. The molecule has 0 spiro atoms. The van der Waals surface area contributed by atoms with Crippen molar-refractivity contribution in [1.29, 1.82) is 0 Å². The molecule has 1 saturated heterocycles. The van der Waals surface area contributed by atoms with Crippen molar-refractivity contribution in [3.8, 4) is 0 Å². The molecule has 1 heterocycles. The number of likely N-dealkylation sites (N-methyl/N-ethyl adjacent to an activating group) is 2. The Labute approximate surface area is 449 Å². The second-order valence-electron chi connectivity index (χ2n) is 20.9. The fraction of sp³-hybridized carbons (Fsp3) is 0.648. The first kappa shape index (κ1) is 62.9. The highest BCUT2D eigenvalue weighted by Crippen LogP contribution is 2.30. The number of amides is 7. The maximum atomic E-state index is 14.4. The van der Waals surface area contributed by atoms with E-state index in [1.165, 1.54) is 31.1 Å². The van der Waals surface area contributed by atoms with Crippen molar-refractivity contribution in [3.05, 3.63) is 65.7 Å². The summed E-state index contributed by atoms with van der Waals surface area (Å²) in [6.07, 6.45) is 1.23. The molecule has 76 heavy (non-hydrogen) atoms. The Morgan fingerprint density at radius 3 is 2.01 bits per heavy atom. The molecule has 1 saturated carbocycles. The lowest BCUT2D eigenvalue weighted by molar-refractivity contribution is -0.146. The minimum atomic E-state index is -3.50. The number of nitrogens with zero attached hydrogens (tertiary/aromatic N) is 3. The average molecular weight is 1080 g/mol. The number of anilines is 1. The number of likely N-dealkylation sites (tertiary alicyclic amines) is 1. The van der Waals surface area contributed by atoms with Gasteiger partial charge >= 0.3 is 6.09 Å². The fourth-order valence-corrected chi connectivity index (χ4v) is 11.0. The molecule has 2 aromatic carbocycles. The van der Waals surface area contributed by atoms with Crippen molar-refractivity contribution >= 4 is 57.2 Å². The van der Waals surface area contributed by atoms with Gasteiger partial charge in [0.05, 0.1) is 61.0 Å². The second kappa shape index (κ2) is 29.7. The summed E-state index contributed by atoms with van der Waals surface area (Å²) in [5, 5.41) is 10.6. The summed E-state index contributed by atoms with van der Waals surface area (Å²) in [5.41, 5.74) is 7.83. The third-order valence-electron chi connectivity index (χ3n) is 14.5. The van der Waals surface area contributed by atoms with E-state index in [-0.39, 0.29) is 55.7 Å². The van der Waals surface area contributed by atoms with Crippen LogP contribution in [0.15, 0.2) is 54.6 Å². The van der Waals surface area contributed by atoms with E-state index in [0.717, 1.165) is 5.56 Å². The topological polar surface area (TPSA) is 277 Å². The van der Waals surface area contributed by atoms with Gasteiger partial charge in [-0.15, -0.1) is 0 Å². The Kier molecular flexibility index (Phi) is 24.6. The number of rotatable bonds is 30. The maximum absolute atomic E-state index is 14.4. The van der Waals surface area contributed by atoms with Gasteiger partial charge in [-0.25, -0.2) is 17.9 Å². The molecule has 7 amide bonds. The summed E-state index contributed by atoms with van der Waals surface area (Å²) >= 11 is 0. The first-order valence-corrected chi connectivity index (χ1v) is 28.0. The molecule has 0 aromatic heterocycles. The van der Waals surface area contributed by atoms with Crippen molar-refractivity contribution in [2.24, 2.45) is 29.4 Å². The molecule has 0 bridgehead atoms. The fourth-order valence-electron chi connectivity index (χ4n) is 9.60. The molecular formula is C54H85N9O12S. The van der Waals surface area contributed by atoms with Gasteiger partial charge in [0, 0.05) is 53.1 Å². The maximum Gasteiger partial charge on any atom is 0.410 e. The minimum Gasteiger partial charge on any atom is -0.445 e. The van der Waals surface area contributed by atoms with Crippen LogP contribution < -0.4 is 31.7 Å². The number of carbonyl (C=O) groups is 7. The van der Waals surface area contributed by atoms with Crippen LogP contribution in [0.1, 0.15) is 98.1 Å². The van der Waals surface area contributed by atoms with E-state index in [2.05, 4.69) is 26.0 Å². The molecule has 1 aliphatic carbocycles. The summed E-state index contributed by atoms with van der Waals surface area (Å²) in [6, 6.07) is 12.7. The minimum absolute atomic E-state index is 0.0233. The Bertz CT molecular complexity index is 2360. The van der Waals surface area contributed by atoms with Crippen LogP contribution in [0.4, 0.5) is 10.5 Å². The number of nitrogens with one attached hydrogen (secondary N) is 5. The molecule has 4 rings (SSSR count). The lowest BCUT2D eigenvalue weighted by Crippen LogP contribution is -2.56. The van der Waals surface area contributed by atoms with E-state index in [0.29, 0.717) is 56.3 Å². The van der Waals surface area contributed by atoms with Crippen LogP contribution >= 0.6 is 0 Å². The number of methoxy groups -OCH3 is 2. The van der Waals surface area contributed by atoms with E-state index >= 15 is 0 Å². The first-order chi connectivity index (χ1) is 35.9. The monoisotopic (exact) mass is 1080 g/mol. The van der Waals surface area contributed by atoms with E-state index < -0.39 is 99.9 Å². The summed E-state index contributed by atoms with van der Waals surface area (Å²) in [4.78, 5) is 98.2. The van der Waals surface area contributed by atoms with Crippen molar-refractivity contribution in [2.45, 2.75) is 148 Å². The first-order valence-electron chi connectivity index (χ1n) is 26.5. The third kappa shape index (κ3) is 18.2. The van der Waals surface area contributed by atoms with E-state index in [4.69, 9.17) is 19.9 Å². The van der Waals surface area contributed by atoms with E-state index in [1.54, 1.807) is 70.8 Å². The van der Waals surface area contributed by atoms with Crippen LogP contribution in [-0.2, 0) is 66.0 Å². The molecular weight excluding hydrogens is 999 g/mol. The number of hydrogen-bond donors (Lipinski definition) is 6. The average Bonchev–Trinajstić information content (AvgIpc) is 4.16. The predicted molar refractivity (Wildman–Crippen MR) is 289 cm³/mol. The summed E-state index contributed by atoms with van der Waals surface area (Å²) in [5.74, 6) is -3.77. The normalized spacial score (nSPS) is 17.8. The Hall–Kier alpha value is -5.68. The van der Waals surface area contributed by atoms with Crippen LogP contribution in [0, 0.1) is 23.7 Å². The Morgan fingerprint density at radius 1 is 0.789 bits per heavy atom. The van der Waals surface area contributed by atoms with Crippen LogP contribution in [-0.4, -0.2) is 167 Å². The largest absolute Gasteiger partial charge is 0.445 e. The van der Waals surface area contributed by atoms with Crippen molar-refractivity contribution in [2.75, 3.05) is 59.8 Å². The molecule has 9 unspecified atom stereocenters. The molecule has 2 fully saturated rings. The lowest BCUT2D eigenvalue weighted by atomic mass is 9.90. The zero-order valence-corrected chi connectivity index (χ0v) is 47.2. The molecule has 0 radical (unpaired) electrons. The van der Waals surface area contributed by atoms with Crippen LogP contribution in [0.5, 0.6) is 0 Å². The van der Waals surface area contributed by atoms with Crippen LogP contribution in [0.25, 0.3) is 0 Å². The van der Waals surface area contributed by atoms with E-state index in [1.807, 2.05) is 44.2 Å². The Morgan fingerprint density at radius 2 is 1.43 bits per heavy atom. The zero-order valence-electron chi connectivity index (χ0n) is 46.3. The quantitative estimate of drug-likeness (QED) is 0.0657. The van der Waals surface area contributed by atoms with Crippen molar-refractivity contribution < 1.29 is 56.2 Å². The van der Waals surface area contributed by atoms with Crippen molar-refractivity contribution in [3.63, 3.8) is 0 Å².